The first-order valence-corrected chi connectivity index (χ1v) is 11.1. The summed E-state index contributed by atoms with van der Waals surface area (Å²) in [6.07, 6.45) is 13.3. The Hall–Kier alpha value is -4.59. The molecule has 0 radical (unpaired) electrons. The Morgan fingerprint density at radius 1 is 1.06 bits per heavy atom. The lowest BCUT2D eigenvalue weighted by Gasteiger charge is -2.32. The molecule has 8 heteroatoms. The van der Waals surface area contributed by atoms with E-state index in [4.69, 9.17) is 0 Å². The van der Waals surface area contributed by atoms with Crippen LogP contribution in [0.15, 0.2) is 95.3 Å². The first kappa shape index (κ1) is 20.0. The lowest BCUT2D eigenvalue weighted by Crippen LogP contribution is -2.38. The van der Waals surface area contributed by atoms with Crippen molar-refractivity contribution in [3.8, 4) is 16.9 Å². The third-order valence-electron chi connectivity index (χ3n) is 6.12. The number of aromatic amines is 1. The second-order valence-corrected chi connectivity index (χ2v) is 8.35. The highest BCUT2D eigenvalue weighted by molar-refractivity contribution is 5.89. The molecule has 4 heterocycles. The van der Waals surface area contributed by atoms with E-state index in [1.807, 2.05) is 83.5 Å². The fraction of sp³-hybridized carbons (Fsp3) is 0.115. The summed E-state index contributed by atoms with van der Waals surface area (Å²) in [5, 5.41) is 5.35. The van der Waals surface area contributed by atoms with E-state index in [0.717, 1.165) is 34.0 Å². The van der Waals surface area contributed by atoms with Crippen LogP contribution in [0.4, 0.5) is 11.4 Å². The molecule has 4 aromatic rings. The largest absolute Gasteiger partial charge is 0.297 e. The zero-order valence-electron chi connectivity index (χ0n) is 18.6. The van der Waals surface area contributed by atoms with Gasteiger partial charge in [0.15, 0.2) is 0 Å². The van der Waals surface area contributed by atoms with Crippen molar-refractivity contribution in [1.82, 2.24) is 19.3 Å². The highest BCUT2D eigenvalue weighted by Gasteiger charge is 2.28. The monoisotopic (exact) mass is 449 g/mol. The molecule has 2 N–H and O–H groups in total. The van der Waals surface area contributed by atoms with Crippen LogP contribution in [0.3, 0.4) is 0 Å². The summed E-state index contributed by atoms with van der Waals surface area (Å²) in [6, 6.07) is 15.9. The lowest BCUT2D eigenvalue weighted by atomic mass is 10.0. The minimum atomic E-state index is -0.113. The zero-order chi connectivity index (χ0) is 23.1. The lowest BCUT2D eigenvalue weighted by molar-refractivity contribution is 0.801. The van der Waals surface area contributed by atoms with Crippen LogP contribution in [0.1, 0.15) is 5.56 Å². The quantitative estimate of drug-likeness (QED) is 0.488. The summed E-state index contributed by atoms with van der Waals surface area (Å²) < 4.78 is 3.49. The third kappa shape index (κ3) is 3.36. The number of aliphatic imine (C=N–C) groups is 1. The average Bonchev–Trinajstić information content (AvgIpc) is 3.44. The molecular formula is C26H23N7O. The Balaban J connectivity index is 1.34. The van der Waals surface area contributed by atoms with E-state index >= 15 is 0 Å². The standard InChI is InChI=1S/C26H23N7O/c1-18-7-2-4-10-21(18)33-26(34)25-24(30-33)20-9-3-5-11-22(20)32(29-25)16-19-8-6-12-23(28-15-19)31-14-13-27-17-31/h2-15,17,19,29-30H,16H2,1H3. The highest BCUT2D eigenvalue weighted by Crippen LogP contribution is 2.38. The second-order valence-electron chi connectivity index (χ2n) is 8.35. The number of hydrazine groups is 1. The van der Waals surface area contributed by atoms with Gasteiger partial charge in [-0.05, 0) is 30.7 Å². The topological polar surface area (TPSA) is 83.2 Å². The molecule has 0 bridgehead atoms. The molecule has 2 aromatic heterocycles. The molecule has 6 rings (SSSR count). The van der Waals surface area contributed by atoms with Gasteiger partial charge in [0.25, 0.3) is 5.56 Å². The highest BCUT2D eigenvalue weighted by atomic mass is 16.1. The number of para-hydroxylation sites is 2. The molecule has 2 aliphatic rings. The Kier molecular flexibility index (Phi) is 4.76. The predicted molar refractivity (Wildman–Crippen MR) is 135 cm³/mol. The van der Waals surface area contributed by atoms with Gasteiger partial charge in [-0.25, -0.2) is 14.7 Å². The number of allylic oxidation sites excluding steroid dienone is 2. The van der Waals surface area contributed by atoms with Crippen LogP contribution in [-0.4, -0.2) is 32.1 Å². The summed E-state index contributed by atoms with van der Waals surface area (Å²) >= 11 is 0. The number of rotatable bonds is 4. The van der Waals surface area contributed by atoms with E-state index in [9.17, 15) is 4.79 Å². The van der Waals surface area contributed by atoms with E-state index in [-0.39, 0.29) is 11.5 Å². The van der Waals surface area contributed by atoms with Crippen molar-refractivity contribution in [3.63, 3.8) is 0 Å². The van der Waals surface area contributed by atoms with Gasteiger partial charge in [0.05, 0.1) is 23.6 Å². The fourth-order valence-electron chi connectivity index (χ4n) is 4.39. The van der Waals surface area contributed by atoms with E-state index in [0.29, 0.717) is 12.2 Å². The minimum absolute atomic E-state index is 0.0388. The van der Waals surface area contributed by atoms with Crippen molar-refractivity contribution >= 4 is 23.4 Å². The van der Waals surface area contributed by atoms with Crippen LogP contribution in [0.5, 0.6) is 0 Å². The first-order valence-electron chi connectivity index (χ1n) is 11.1. The number of fused-ring (bicyclic) bond motifs is 3. The Bertz CT molecular complexity index is 1500. The van der Waals surface area contributed by atoms with E-state index in [1.54, 1.807) is 17.2 Å². The van der Waals surface area contributed by atoms with Gasteiger partial charge in [0, 0.05) is 30.1 Å². The van der Waals surface area contributed by atoms with Gasteiger partial charge >= 0.3 is 0 Å². The number of hydrogen-bond donors (Lipinski definition) is 2. The Morgan fingerprint density at radius 2 is 1.88 bits per heavy atom. The summed E-state index contributed by atoms with van der Waals surface area (Å²) in [7, 11) is 0. The number of nitrogens with zero attached hydrogens (tertiary/aromatic N) is 5. The molecule has 1 atom stereocenters. The molecule has 168 valence electrons. The second kappa shape index (κ2) is 8.08. The van der Waals surface area contributed by atoms with Crippen LogP contribution < -0.4 is 16.0 Å². The van der Waals surface area contributed by atoms with Crippen LogP contribution in [-0.2, 0) is 0 Å². The molecule has 1 unspecified atom stereocenters. The van der Waals surface area contributed by atoms with Crippen molar-refractivity contribution in [2.24, 2.45) is 10.9 Å². The van der Waals surface area contributed by atoms with Gasteiger partial charge in [-0.15, -0.1) is 0 Å². The summed E-state index contributed by atoms with van der Waals surface area (Å²) in [5.74, 6) is 0.842. The zero-order valence-corrected chi connectivity index (χ0v) is 18.6. The molecule has 0 saturated carbocycles. The van der Waals surface area contributed by atoms with Gasteiger partial charge in [-0.1, -0.05) is 48.6 Å². The van der Waals surface area contributed by atoms with Crippen LogP contribution >= 0.6 is 0 Å². The third-order valence-corrected chi connectivity index (χ3v) is 6.12. The molecule has 0 amide bonds. The number of anilines is 2. The number of benzene rings is 2. The summed E-state index contributed by atoms with van der Waals surface area (Å²) in [5.41, 5.74) is 8.43. The number of hydrogen-bond acceptors (Lipinski definition) is 5. The number of nitrogens with one attached hydrogen (secondary N) is 2. The van der Waals surface area contributed by atoms with Crippen molar-refractivity contribution in [1.29, 1.82) is 0 Å². The fourth-order valence-corrected chi connectivity index (χ4v) is 4.39. The molecule has 2 aliphatic heterocycles. The molecule has 8 nitrogen and oxygen atoms in total. The van der Waals surface area contributed by atoms with Crippen LogP contribution in [0.2, 0.25) is 0 Å². The number of aryl methyl sites for hydroxylation is 1. The van der Waals surface area contributed by atoms with Crippen molar-refractivity contribution in [3.05, 3.63) is 101 Å². The van der Waals surface area contributed by atoms with E-state index in [1.165, 1.54) is 0 Å². The van der Waals surface area contributed by atoms with Crippen LogP contribution in [0.25, 0.3) is 22.8 Å². The molecule has 0 fully saturated rings. The van der Waals surface area contributed by atoms with E-state index in [2.05, 4.69) is 32.6 Å². The van der Waals surface area contributed by atoms with Gasteiger partial charge in [-0.3, -0.25) is 24.9 Å². The molecule has 0 saturated heterocycles. The maximum atomic E-state index is 13.4. The molecule has 2 aromatic carbocycles. The SMILES string of the molecule is Cc1ccccc1-n1[nH]c2c(c1=O)NN(CC1C=CC=C(n3ccnc3)N=C1)c1ccccc1-2. The van der Waals surface area contributed by atoms with Gasteiger partial charge in [0.1, 0.15) is 17.8 Å². The van der Waals surface area contributed by atoms with Crippen molar-refractivity contribution < 1.29 is 0 Å². The number of H-pyrrole nitrogens is 1. The molecule has 0 aliphatic carbocycles. The van der Waals surface area contributed by atoms with E-state index < -0.39 is 0 Å². The van der Waals surface area contributed by atoms with Crippen molar-refractivity contribution in [2.75, 3.05) is 17.0 Å². The molecular weight excluding hydrogens is 426 g/mol. The average molecular weight is 450 g/mol. The normalized spacial score (nSPS) is 16.4. The maximum absolute atomic E-state index is 13.4. The summed E-state index contributed by atoms with van der Waals surface area (Å²) in [4.78, 5) is 22.2. The smallest absolute Gasteiger partial charge is 0.291 e. The van der Waals surface area contributed by atoms with Crippen LogP contribution in [0, 0.1) is 12.8 Å². The van der Waals surface area contributed by atoms with Gasteiger partial charge in [-0.2, -0.15) is 0 Å². The van der Waals surface area contributed by atoms with Gasteiger partial charge < -0.3 is 0 Å². The Morgan fingerprint density at radius 3 is 2.71 bits per heavy atom. The predicted octanol–water partition coefficient (Wildman–Crippen LogP) is 4.24. The molecule has 34 heavy (non-hydrogen) atoms. The van der Waals surface area contributed by atoms with Crippen molar-refractivity contribution in [2.45, 2.75) is 6.92 Å². The minimum Gasteiger partial charge on any atom is -0.291 e. The number of imidazole rings is 1. The summed E-state index contributed by atoms with van der Waals surface area (Å²) in [6.45, 7) is 2.61. The molecule has 0 spiro atoms. The first-order chi connectivity index (χ1) is 16.7. The Labute approximate surface area is 196 Å². The number of aromatic nitrogens is 4. The maximum Gasteiger partial charge on any atom is 0.297 e. The van der Waals surface area contributed by atoms with Gasteiger partial charge in [0.2, 0.25) is 0 Å².